The number of hydrogen-bond donors (Lipinski definition) is 0. The molecule has 0 bridgehead atoms. The van der Waals surface area contributed by atoms with Gasteiger partial charge in [-0.1, -0.05) is 215 Å². The zero-order chi connectivity index (χ0) is 29.8. The maximum Gasteiger partial charge on any atom is 0.306 e. The number of rotatable bonds is 28. The Labute approximate surface area is 260 Å². The van der Waals surface area contributed by atoms with Gasteiger partial charge in [0.05, 0.1) is 0 Å². The highest BCUT2D eigenvalue weighted by Gasteiger charge is 2.18. The van der Waals surface area contributed by atoms with Crippen molar-refractivity contribution in [2.24, 2.45) is 0 Å². The van der Waals surface area contributed by atoms with Gasteiger partial charge < -0.3 is 4.74 Å². The highest BCUT2D eigenvalue weighted by Crippen LogP contribution is 2.26. The first-order valence-corrected chi connectivity index (χ1v) is 18.1. The van der Waals surface area contributed by atoms with E-state index in [0.29, 0.717) is 6.42 Å². The van der Waals surface area contributed by atoms with Crippen molar-refractivity contribution >= 4 is 5.97 Å². The third kappa shape index (κ3) is 19.2. The summed E-state index contributed by atoms with van der Waals surface area (Å²) >= 11 is 0. The van der Waals surface area contributed by atoms with Crippen LogP contribution in [0.4, 0.5) is 0 Å². The van der Waals surface area contributed by atoms with Gasteiger partial charge in [0.2, 0.25) is 0 Å². The molecule has 2 heteroatoms. The Kier molecular flexibility index (Phi) is 22.8. The normalized spacial score (nSPS) is 11.3. The van der Waals surface area contributed by atoms with Gasteiger partial charge in [-0.2, -0.15) is 0 Å². The summed E-state index contributed by atoms with van der Waals surface area (Å²) in [4.78, 5) is 12.6. The van der Waals surface area contributed by atoms with E-state index in [2.05, 4.69) is 6.92 Å². The quantitative estimate of drug-likeness (QED) is 0.0744. The molecule has 2 aromatic carbocycles. The molecule has 0 aliphatic heterocycles. The van der Waals surface area contributed by atoms with Gasteiger partial charge in [0, 0.05) is 6.42 Å². The molecule has 0 heterocycles. The van der Waals surface area contributed by atoms with E-state index in [1.807, 2.05) is 60.7 Å². The molecular weight excluding hydrogens is 512 g/mol. The fraction of sp³-hybridized carbons (Fsp3) is 0.675. The first kappa shape index (κ1) is 36.1. The molecule has 42 heavy (non-hydrogen) atoms. The number of ether oxygens (including phenoxy) is 1. The second kappa shape index (κ2) is 26.5. The van der Waals surface area contributed by atoms with Crippen molar-refractivity contribution in [3.63, 3.8) is 0 Å². The van der Waals surface area contributed by atoms with Crippen molar-refractivity contribution in [1.29, 1.82) is 0 Å². The van der Waals surface area contributed by atoms with Crippen LogP contribution in [0, 0.1) is 0 Å². The van der Waals surface area contributed by atoms with E-state index in [1.165, 1.54) is 141 Å². The van der Waals surface area contributed by atoms with Crippen LogP contribution in [0.3, 0.4) is 0 Å². The Morgan fingerprint density at radius 1 is 0.452 bits per heavy atom. The molecule has 0 aliphatic carbocycles. The van der Waals surface area contributed by atoms with Gasteiger partial charge in [0.25, 0.3) is 0 Å². The van der Waals surface area contributed by atoms with Crippen LogP contribution in [-0.4, -0.2) is 5.97 Å². The van der Waals surface area contributed by atoms with Crippen LogP contribution in [0.1, 0.15) is 185 Å². The first-order chi connectivity index (χ1) is 20.8. The van der Waals surface area contributed by atoms with Crippen molar-refractivity contribution in [3.05, 3.63) is 71.8 Å². The lowest BCUT2D eigenvalue weighted by molar-refractivity contribution is -0.147. The highest BCUT2D eigenvalue weighted by atomic mass is 16.5. The monoisotopic (exact) mass is 576 g/mol. The van der Waals surface area contributed by atoms with E-state index in [0.717, 1.165) is 24.0 Å². The Bertz CT molecular complexity index is 807. The lowest BCUT2D eigenvalue weighted by Gasteiger charge is -2.19. The van der Waals surface area contributed by atoms with Gasteiger partial charge in [-0.25, -0.2) is 0 Å². The third-order valence-electron chi connectivity index (χ3n) is 8.69. The van der Waals surface area contributed by atoms with E-state index in [1.54, 1.807) is 0 Å². The number of esters is 1. The average Bonchev–Trinajstić information content (AvgIpc) is 3.03. The molecule has 0 spiro atoms. The second-order valence-corrected chi connectivity index (χ2v) is 12.6. The fourth-order valence-electron chi connectivity index (χ4n) is 6.01. The Hall–Kier alpha value is -2.09. The standard InChI is InChI=1S/C40H64O2/c1-2-3-4-5-6-7-8-9-10-11-12-13-14-15-16-17-18-19-20-21-22-23-24-31-36-39(41)42-40(37-32-27-25-28-33-37)38-34-29-26-30-35-38/h25-30,32-35,40H,2-24,31,36H2,1H3. The molecule has 2 aromatic rings. The number of carbonyl (C=O) groups is 1. The number of unbranched alkanes of at least 4 members (excludes halogenated alkanes) is 23. The Balaban J connectivity index is 1.33. The maximum absolute atomic E-state index is 12.6. The summed E-state index contributed by atoms with van der Waals surface area (Å²) in [7, 11) is 0. The number of hydrogen-bond acceptors (Lipinski definition) is 2. The maximum atomic E-state index is 12.6. The smallest absolute Gasteiger partial charge is 0.306 e. The number of benzene rings is 2. The predicted octanol–water partition coefficient (Wildman–Crippen LogP) is 13.1. The zero-order valence-corrected chi connectivity index (χ0v) is 27.3. The molecule has 0 aromatic heterocycles. The van der Waals surface area contributed by atoms with Crippen molar-refractivity contribution in [1.82, 2.24) is 0 Å². The molecular formula is C40H64O2. The van der Waals surface area contributed by atoms with Crippen LogP contribution in [0.25, 0.3) is 0 Å². The van der Waals surface area contributed by atoms with E-state index in [9.17, 15) is 4.79 Å². The van der Waals surface area contributed by atoms with E-state index in [4.69, 9.17) is 4.74 Å². The summed E-state index contributed by atoms with van der Waals surface area (Å²) in [6, 6.07) is 20.1. The minimum Gasteiger partial charge on any atom is -0.453 e. The fourth-order valence-corrected chi connectivity index (χ4v) is 6.01. The predicted molar refractivity (Wildman–Crippen MR) is 182 cm³/mol. The summed E-state index contributed by atoms with van der Waals surface area (Å²) in [5.74, 6) is -0.0912. The van der Waals surface area contributed by atoms with Crippen molar-refractivity contribution in [3.8, 4) is 0 Å². The van der Waals surface area contributed by atoms with Gasteiger partial charge in [0.1, 0.15) is 0 Å². The lowest BCUT2D eigenvalue weighted by atomic mass is 10.0. The van der Waals surface area contributed by atoms with Crippen molar-refractivity contribution < 1.29 is 9.53 Å². The summed E-state index contributed by atoms with van der Waals surface area (Å²) in [6.45, 7) is 2.30. The highest BCUT2D eigenvalue weighted by molar-refractivity contribution is 5.70. The summed E-state index contributed by atoms with van der Waals surface area (Å²) < 4.78 is 5.94. The minimum absolute atomic E-state index is 0.0912. The Morgan fingerprint density at radius 2 is 0.738 bits per heavy atom. The van der Waals surface area contributed by atoms with Crippen molar-refractivity contribution in [2.45, 2.75) is 174 Å². The minimum atomic E-state index is -0.325. The van der Waals surface area contributed by atoms with Crippen LogP contribution < -0.4 is 0 Å². The molecule has 0 fully saturated rings. The van der Waals surface area contributed by atoms with Crippen LogP contribution >= 0.6 is 0 Å². The molecule has 0 aliphatic rings. The summed E-state index contributed by atoms with van der Waals surface area (Å²) in [6.07, 6.45) is 33.4. The molecule has 0 unspecified atom stereocenters. The SMILES string of the molecule is CCCCCCCCCCCCCCCCCCCCCCCCCCC(=O)OC(c1ccccc1)c1ccccc1. The van der Waals surface area contributed by atoms with Crippen LogP contribution in [0.15, 0.2) is 60.7 Å². The van der Waals surface area contributed by atoms with Crippen LogP contribution in [0.5, 0.6) is 0 Å². The van der Waals surface area contributed by atoms with Gasteiger partial charge in [-0.3, -0.25) is 4.79 Å². The van der Waals surface area contributed by atoms with Crippen molar-refractivity contribution in [2.75, 3.05) is 0 Å². The molecule has 0 radical (unpaired) electrons. The Morgan fingerprint density at radius 3 is 1.05 bits per heavy atom. The summed E-state index contributed by atoms with van der Waals surface area (Å²) in [5, 5.41) is 0. The van der Waals surface area contributed by atoms with E-state index >= 15 is 0 Å². The number of carbonyl (C=O) groups excluding carboxylic acids is 1. The van der Waals surface area contributed by atoms with E-state index in [-0.39, 0.29) is 12.1 Å². The largest absolute Gasteiger partial charge is 0.453 e. The molecule has 0 amide bonds. The molecule has 0 saturated heterocycles. The molecule has 236 valence electrons. The van der Waals surface area contributed by atoms with Gasteiger partial charge in [0.15, 0.2) is 6.10 Å². The summed E-state index contributed by atoms with van der Waals surface area (Å²) in [5.41, 5.74) is 2.05. The third-order valence-corrected chi connectivity index (χ3v) is 8.69. The average molecular weight is 577 g/mol. The van der Waals surface area contributed by atoms with Gasteiger partial charge in [-0.05, 0) is 17.5 Å². The van der Waals surface area contributed by atoms with Crippen LogP contribution in [0.2, 0.25) is 0 Å². The molecule has 0 saturated carbocycles. The van der Waals surface area contributed by atoms with E-state index < -0.39 is 0 Å². The van der Waals surface area contributed by atoms with Gasteiger partial charge >= 0.3 is 5.97 Å². The molecule has 2 rings (SSSR count). The molecule has 0 atom stereocenters. The molecule has 2 nitrogen and oxygen atoms in total. The first-order valence-electron chi connectivity index (χ1n) is 18.1. The zero-order valence-electron chi connectivity index (χ0n) is 27.3. The second-order valence-electron chi connectivity index (χ2n) is 12.6. The molecule has 0 N–H and O–H groups in total. The van der Waals surface area contributed by atoms with Gasteiger partial charge in [-0.15, -0.1) is 0 Å². The lowest BCUT2D eigenvalue weighted by Crippen LogP contribution is -2.12. The van der Waals surface area contributed by atoms with Crippen LogP contribution in [-0.2, 0) is 9.53 Å². The topological polar surface area (TPSA) is 26.3 Å².